The van der Waals surface area contributed by atoms with Gasteiger partial charge in [-0.05, 0) is 42.3 Å². The molecule has 140 valence electrons. The zero-order valence-corrected chi connectivity index (χ0v) is 15.4. The number of anilines is 2. The molecule has 2 amide bonds. The molecule has 1 atom stereocenters. The van der Waals surface area contributed by atoms with E-state index in [0.717, 1.165) is 18.7 Å². The molecule has 0 spiro atoms. The lowest BCUT2D eigenvalue weighted by atomic mass is 9.94. The number of rotatable bonds is 3. The van der Waals surface area contributed by atoms with Crippen LogP contribution < -0.4 is 20.9 Å². The minimum absolute atomic E-state index is 0.0267. The van der Waals surface area contributed by atoms with Gasteiger partial charge in [0.1, 0.15) is 0 Å². The molecule has 3 N–H and O–H groups in total. The zero-order chi connectivity index (χ0) is 18.8. The third kappa shape index (κ3) is 3.66. The predicted molar refractivity (Wildman–Crippen MR) is 106 cm³/mol. The monoisotopic (exact) mass is 364 g/mol. The molecule has 0 radical (unpaired) electrons. The van der Waals surface area contributed by atoms with Gasteiger partial charge in [0.25, 0.3) is 5.91 Å². The fraction of sp³-hybridized carbons (Fsp3) is 0.333. The highest BCUT2D eigenvalue weighted by Gasteiger charge is 2.21. The minimum atomic E-state index is -0.135. The van der Waals surface area contributed by atoms with Crippen LogP contribution in [0.2, 0.25) is 0 Å². The third-order valence-electron chi connectivity index (χ3n) is 5.30. The SMILES string of the molecule is CN1CCC(=O)Nc2cc(C(=O)NCC3NCCc4ccccc43)ccc21. The van der Waals surface area contributed by atoms with E-state index < -0.39 is 0 Å². The van der Waals surface area contributed by atoms with Gasteiger partial charge >= 0.3 is 0 Å². The normalized spacial score (nSPS) is 18.8. The van der Waals surface area contributed by atoms with Gasteiger partial charge in [-0.2, -0.15) is 0 Å². The summed E-state index contributed by atoms with van der Waals surface area (Å²) < 4.78 is 0. The van der Waals surface area contributed by atoms with Gasteiger partial charge in [-0.15, -0.1) is 0 Å². The number of nitrogens with one attached hydrogen (secondary N) is 3. The summed E-state index contributed by atoms with van der Waals surface area (Å²) in [5.41, 5.74) is 4.76. The third-order valence-corrected chi connectivity index (χ3v) is 5.30. The van der Waals surface area contributed by atoms with E-state index in [1.54, 1.807) is 6.07 Å². The van der Waals surface area contributed by atoms with Crippen molar-refractivity contribution in [3.63, 3.8) is 0 Å². The number of carbonyl (C=O) groups excluding carboxylic acids is 2. The van der Waals surface area contributed by atoms with Crippen LogP contribution in [0, 0.1) is 0 Å². The fourth-order valence-corrected chi connectivity index (χ4v) is 3.78. The molecular weight excluding hydrogens is 340 g/mol. The van der Waals surface area contributed by atoms with E-state index in [4.69, 9.17) is 0 Å². The van der Waals surface area contributed by atoms with Gasteiger partial charge in [0, 0.05) is 38.2 Å². The van der Waals surface area contributed by atoms with Crippen molar-refractivity contribution in [1.29, 1.82) is 0 Å². The summed E-state index contributed by atoms with van der Waals surface area (Å²) in [6.07, 6.45) is 1.46. The Hall–Kier alpha value is -2.86. The van der Waals surface area contributed by atoms with Crippen LogP contribution in [-0.4, -0.2) is 38.5 Å². The Morgan fingerprint density at radius 3 is 2.96 bits per heavy atom. The Morgan fingerprint density at radius 1 is 1.22 bits per heavy atom. The predicted octanol–water partition coefficient (Wildman–Crippen LogP) is 2.08. The van der Waals surface area contributed by atoms with Crippen LogP contribution in [0.25, 0.3) is 0 Å². The van der Waals surface area contributed by atoms with E-state index in [0.29, 0.717) is 30.8 Å². The Morgan fingerprint density at radius 2 is 2.07 bits per heavy atom. The summed E-state index contributed by atoms with van der Waals surface area (Å²) in [5.74, 6) is -0.162. The topological polar surface area (TPSA) is 73.5 Å². The maximum Gasteiger partial charge on any atom is 0.251 e. The molecule has 6 heteroatoms. The molecule has 0 saturated heterocycles. The average Bonchev–Trinajstić information content (AvgIpc) is 2.83. The molecule has 0 fully saturated rings. The second kappa shape index (κ2) is 7.40. The highest BCUT2D eigenvalue weighted by Crippen LogP contribution is 2.29. The number of fused-ring (bicyclic) bond motifs is 2. The molecule has 0 saturated carbocycles. The molecule has 2 heterocycles. The molecule has 0 bridgehead atoms. The molecule has 2 aromatic rings. The maximum atomic E-state index is 12.7. The van der Waals surface area contributed by atoms with Gasteiger partial charge in [0.2, 0.25) is 5.91 Å². The highest BCUT2D eigenvalue weighted by molar-refractivity contribution is 6.00. The number of amides is 2. The number of carbonyl (C=O) groups is 2. The van der Waals surface area contributed by atoms with E-state index in [2.05, 4.69) is 34.1 Å². The maximum absolute atomic E-state index is 12.7. The quantitative estimate of drug-likeness (QED) is 0.780. The molecule has 27 heavy (non-hydrogen) atoms. The van der Waals surface area contributed by atoms with Crippen LogP contribution in [0.1, 0.15) is 33.9 Å². The van der Waals surface area contributed by atoms with E-state index in [9.17, 15) is 9.59 Å². The summed E-state index contributed by atoms with van der Waals surface area (Å²) in [6, 6.07) is 13.9. The molecular formula is C21H24N4O2. The first-order chi connectivity index (χ1) is 13.1. The number of hydrogen-bond acceptors (Lipinski definition) is 4. The van der Waals surface area contributed by atoms with E-state index in [-0.39, 0.29) is 17.9 Å². The van der Waals surface area contributed by atoms with Gasteiger partial charge in [-0.25, -0.2) is 0 Å². The van der Waals surface area contributed by atoms with Crippen LogP contribution in [0.3, 0.4) is 0 Å². The van der Waals surface area contributed by atoms with Crippen molar-refractivity contribution >= 4 is 23.2 Å². The molecule has 2 aromatic carbocycles. The van der Waals surface area contributed by atoms with Gasteiger partial charge in [-0.1, -0.05) is 24.3 Å². The molecule has 0 aliphatic carbocycles. The first kappa shape index (κ1) is 17.5. The number of hydrogen-bond donors (Lipinski definition) is 3. The smallest absolute Gasteiger partial charge is 0.251 e. The standard InChI is InChI=1S/C21H24N4O2/c1-25-11-9-20(26)24-17-12-15(6-7-19(17)25)21(27)23-13-18-16-5-3-2-4-14(16)8-10-22-18/h2-7,12,18,22H,8-11,13H2,1H3,(H,23,27)(H,24,26). The van der Waals surface area contributed by atoms with Crippen LogP contribution in [0.15, 0.2) is 42.5 Å². The molecule has 2 aliphatic rings. The largest absolute Gasteiger partial charge is 0.372 e. The first-order valence-corrected chi connectivity index (χ1v) is 9.36. The Kier molecular flexibility index (Phi) is 4.81. The number of nitrogens with zero attached hydrogens (tertiary/aromatic N) is 1. The van der Waals surface area contributed by atoms with Crippen molar-refractivity contribution in [3.05, 3.63) is 59.2 Å². The van der Waals surface area contributed by atoms with Crippen molar-refractivity contribution in [2.45, 2.75) is 18.9 Å². The minimum Gasteiger partial charge on any atom is -0.372 e. The molecule has 4 rings (SSSR count). The summed E-state index contributed by atoms with van der Waals surface area (Å²) in [5, 5.41) is 9.39. The van der Waals surface area contributed by atoms with Gasteiger partial charge < -0.3 is 20.9 Å². The summed E-state index contributed by atoms with van der Waals surface area (Å²) in [4.78, 5) is 26.6. The Bertz CT molecular complexity index is 880. The Balaban J connectivity index is 1.47. The molecule has 6 nitrogen and oxygen atoms in total. The van der Waals surface area contributed by atoms with E-state index in [1.807, 2.05) is 30.1 Å². The highest BCUT2D eigenvalue weighted by atomic mass is 16.2. The average molecular weight is 364 g/mol. The van der Waals surface area contributed by atoms with Gasteiger partial charge in [0.15, 0.2) is 0 Å². The van der Waals surface area contributed by atoms with E-state index >= 15 is 0 Å². The van der Waals surface area contributed by atoms with E-state index in [1.165, 1.54) is 11.1 Å². The van der Waals surface area contributed by atoms with Crippen molar-refractivity contribution in [1.82, 2.24) is 10.6 Å². The summed E-state index contributed by atoms with van der Waals surface area (Å²) >= 11 is 0. The van der Waals surface area contributed by atoms with Crippen molar-refractivity contribution in [3.8, 4) is 0 Å². The molecule has 0 aromatic heterocycles. The first-order valence-electron chi connectivity index (χ1n) is 9.36. The van der Waals surface area contributed by atoms with Crippen LogP contribution in [0.4, 0.5) is 11.4 Å². The fourth-order valence-electron chi connectivity index (χ4n) is 3.78. The number of benzene rings is 2. The lowest BCUT2D eigenvalue weighted by molar-refractivity contribution is -0.115. The lowest BCUT2D eigenvalue weighted by Gasteiger charge is -2.27. The molecule has 2 aliphatic heterocycles. The second-order valence-electron chi connectivity index (χ2n) is 7.12. The summed E-state index contributed by atoms with van der Waals surface area (Å²) in [6.45, 7) is 2.10. The van der Waals surface area contributed by atoms with Gasteiger partial charge in [-0.3, -0.25) is 9.59 Å². The second-order valence-corrected chi connectivity index (χ2v) is 7.12. The van der Waals surface area contributed by atoms with Crippen LogP contribution in [-0.2, 0) is 11.2 Å². The van der Waals surface area contributed by atoms with Crippen molar-refractivity contribution in [2.75, 3.05) is 36.9 Å². The lowest BCUT2D eigenvalue weighted by Crippen LogP contribution is -2.38. The van der Waals surface area contributed by atoms with Crippen LogP contribution >= 0.6 is 0 Å². The zero-order valence-electron chi connectivity index (χ0n) is 15.4. The molecule has 1 unspecified atom stereocenters. The summed E-state index contributed by atoms with van der Waals surface area (Å²) in [7, 11) is 1.95. The van der Waals surface area contributed by atoms with Crippen molar-refractivity contribution in [2.24, 2.45) is 0 Å². The van der Waals surface area contributed by atoms with Gasteiger partial charge in [0.05, 0.1) is 11.4 Å². The Labute approximate surface area is 158 Å². The van der Waals surface area contributed by atoms with Crippen molar-refractivity contribution < 1.29 is 9.59 Å². The van der Waals surface area contributed by atoms with Crippen LogP contribution in [0.5, 0.6) is 0 Å².